The number of H-pyrrole nitrogens is 1. The Kier molecular flexibility index (Phi) is 7.15. The third-order valence-corrected chi connectivity index (χ3v) is 5.42. The maximum atomic E-state index is 12.6. The number of aromatic nitrogens is 1. The van der Waals surface area contributed by atoms with Gasteiger partial charge in [-0.3, -0.25) is 9.69 Å². The first-order chi connectivity index (χ1) is 14.4. The molecule has 1 amide bonds. The van der Waals surface area contributed by atoms with Gasteiger partial charge in [0.15, 0.2) is 0 Å². The molecule has 7 nitrogen and oxygen atoms in total. The Morgan fingerprint density at radius 3 is 2.40 bits per heavy atom. The van der Waals surface area contributed by atoms with Crippen LogP contribution in [0.5, 0.6) is 0 Å². The first-order valence-electron chi connectivity index (χ1n) is 10.6. The molecule has 0 bridgehead atoms. The minimum absolute atomic E-state index is 0.192. The van der Waals surface area contributed by atoms with Gasteiger partial charge in [0.25, 0.3) is 5.91 Å². The molecular formula is C23H32N4O3. The first-order valence-corrected chi connectivity index (χ1v) is 10.6. The van der Waals surface area contributed by atoms with Crippen molar-refractivity contribution in [3.63, 3.8) is 0 Å². The van der Waals surface area contributed by atoms with Crippen molar-refractivity contribution in [2.45, 2.75) is 33.8 Å². The lowest BCUT2D eigenvalue weighted by molar-refractivity contribution is 0.0376. The highest BCUT2D eigenvalue weighted by Crippen LogP contribution is 2.20. The second-order valence-electron chi connectivity index (χ2n) is 8.00. The number of carbonyl (C=O) groups excluding carboxylic acids is 2. The monoisotopic (exact) mass is 412 g/mol. The summed E-state index contributed by atoms with van der Waals surface area (Å²) in [6.45, 7) is 12.4. The number of aryl methyl sites for hydroxylation is 1. The van der Waals surface area contributed by atoms with E-state index in [1.165, 1.54) is 5.69 Å². The Bertz CT molecular complexity index is 868. The summed E-state index contributed by atoms with van der Waals surface area (Å²) in [7, 11) is 0. The average molecular weight is 413 g/mol. The van der Waals surface area contributed by atoms with Crippen molar-refractivity contribution in [3.8, 4) is 0 Å². The molecule has 0 radical (unpaired) electrons. The van der Waals surface area contributed by atoms with E-state index in [1.807, 2.05) is 19.9 Å². The molecule has 1 aliphatic heterocycles. The number of nitrogens with one attached hydrogen (secondary N) is 2. The number of aromatic amines is 1. The number of ether oxygens (including phenoxy) is 1. The molecule has 30 heavy (non-hydrogen) atoms. The van der Waals surface area contributed by atoms with Crippen LogP contribution in [0.3, 0.4) is 0 Å². The molecule has 3 rings (SSSR count). The van der Waals surface area contributed by atoms with Gasteiger partial charge in [0.2, 0.25) is 0 Å². The fourth-order valence-corrected chi connectivity index (χ4v) is 3.84. The zero-order chi connectivity index (χ0) is 21.7. The van der Waals surface area contributed by atoms with Crippen molar-refractivity contribution >= 4 is 17.6 Å². The third kappa shape index (κ3) is 5.21. The smallest absolute Gasteiger partial charge is 0.340 e. The van der Waals surface area contributed by atoms with Gasteiger partial charge in [-0.25, -0.2) is 4.79 Å². The number of para-hydroxylation sites is 1. The summed E-state index contributed by atoms with van der Waals surface area (Å²) in [6.07, 6.45) is -0.203. The number of carbonyl (C=O) groups is 2. The zero-order valence-electron chi connectivity index (χ0n) is 18.3. The van der Waals surface area contributed by atoms with Crippen LogP contribution in [0.25, 0.3) is 0 Å². The van der Waals surface area contributed by atoms with Crippen molar-refractivity contribution in [3.05, 3.63) is 52.8 Å². The molecule has 1 saturated heterocycles. The molecule has 2 heterocycles. The Morgan fingerprint density at radius 2 is 1.77 bits per heavy atom. The quantitative estimate of drug-likeness (QED) is 0.684. The van der Waals surface area contributed by atoms with Crippen LogP contribution >= 0.6 is 0 Å². The summed E-state index contributed by atoms with van der Waals surface area (Å²) in [4.78, 5) is 32.7. The minimum atomic E-state index is -0.397. The Hall–Kier alpha value is -2.80. The second-order valence-corrected chi connectivity index (χ2v) is 8.00. The first kappa shape index (κ1) is 21.9. The molecule has 7 heteroatoms. The van der Waals surface area contributed by atoms with Crippen molar-refractivity contribution in [2.75, 3.05) is 44.2 Å². The number of hydrogen-bond acceptors (Lipinski definition) is 5. The van der Waals surface area contributed by atoms with E-state index >= 15 is 0 Å². The number of amides is 1. The number of anilines is 1. The summed E-state index contributed by atoms with van der Waals surface area (Å²) in [5, 5.41) is 2.97. The lowest BCUT2D eigenvalue weighted by Gasteiger charge is -2.36. The van der Waals surface area contributed by atoms with Crippen molar-refractivity contribution in [1.29, 1.82) is 0 Å². The summed E-state index contributed by atoms with van der Waals surface area (Å²) in [5.74, 6) is -0.589. The Balaban J connectivity index is 1.48. The normalized spacial score (nSPS) is 14.8. The largest absolute Gasteiger partial charge is 0.459 e. The van der Waals surface area contributed by atoms with E-state index < -0.39 is 5.97 Å². The predicted molar refractivity (Wildman–Crippen MR) is 118 cm³/mol. The molecule has 162 valence electrons. The number of piperazine rings is 1. The van der Waals surface area contributed by atoms with Crippen LogP contribution in [-0.2, 0) is 4.74 Å². The SMILES string of the molecule is Cc1[nH]c(C(=O)NCCN2CCN(c3ccccc3)CC2)c(C)c1C(=O)OC(C)C. The molecule has 2 aromatic rings. The van der Waals surface area contributed by atoms with E-state index in [-0.39, 0.29) is 12.0 Å². The molecule has 0 unspecified atom stereocenters. The van der Waals surface area contributed by atoms with Gasteiger partial charge in [0, 0.05) is 50.6 Å². The van der Waals surface area contributed by atoms with Crippen LogP contribution < -0.4 is 10.2 Å². The van der Waals surface area contributed by atoms with E-state index in [4.69, 9.17) is 4.74 Å². The number of rotatable bonds is 7. The molecule has 0 spiro atoms. The minimum Gasteiger partial charge on any atom is -0.459 e. The molecule has 1 fully saturated rings. The van der Waals surface area contributed by atoms with Gasteiger partial charge < -0.3 is 19.9 Å². The van der Waals surface area contributed by atoms with Crippen LogP contribution in [0, 0.1) is 13.8 Å². The molecule has 1 aliphatic rings. The van der Waals surface area contributed by atoms with Gasteiger partial charge in [0.1, 0.15) is 5.69 Å². The summed E-state index contributed by atoms with van der Waals surface area (Å²) < 4.78 is 5.29. The number of nitrogens with zero attached hydrogens (tertiary/aromatic N) is 2. The van der Waals surface area contributed by atoms with Gasteiger partial charge in [-0.2, -0.15) is 0 Å². The van der Waals surface area contributed by atoms with E-state index in [0.717, 1.165) is 32.7 Å². The van der Waals surface area contributed by atoms with Crippen LogP contribution in [0.4, 0.5) is 5.69 Å². The van der Waals surface area contributed by atoms with Gasteiger partial charge in [-0.15, -0.1) is 0 Å². The van der Waals surface area contributed by atoms with Crippen molar-refractivity contribution < 1.29 is 14.3 Å². The third-order valence-electron chi connectivity index (χ3n) is 5.42. The molecule has 2 N–H and O–H groups in total. The van der Waals surface area contributed by atoms with Crippen LogP contribution in [0.15, 0.2) is 30.3 Å². The summed E-state index contributed by atoms with van der Waals surface area (Å²) in [5.41, 5.74) is 3.42. The highest BCUT2D eigenvalue weighted by atomic mass is 16.5. The van der Waals surface area contributed by atoms with Gasteiger partial charge >= 0.3 is 5.97 Å². The zero-order valence-corrected chi connectivity index (χ0v) is 18.3. The number of hydrogen-bond donors (Lipinski definition) is 2. The molecule has 0 atom stereocenters. The molecule has 1 aromatic carbocycles. The topological polar surface area (TPSA) is 77.7 Å². The Labute approximate surface area is 178 Å². The maximum Gasteiger partial charge on any atom is 0.340 e. The van der Waals surface area contributed by atoms with E-state index in [9.17, 15) is 9.59 Å². The maximum absolute atomic E-state index is 12.6. The predicted octanol–water partition coefficient (Wildman–Crippen LogP) is 2.75. The molecular weight excluding hydrogens is 380 g/mol. The molecule has 0 saturated carbocycles. The van der Waals surface area contributed by atoms with E-state index in [0.29, 0.717) is 29.1 Å². The fraction of sp³-hybridized carbons (Fsp3) is 0.478. The Morgan fingerprint density at radius 1 is 1.10 bits per heavy atom. The van der Waals surface area contributed by atoms with Crippen LogP contribution in [0.2, 0.25) is 0 Å². The molecule has 1 aromatic heterocycles. The second kappa shape index (κ2) is 9.80. The highest BCUT2D eigenvalue weighted by molar-refractivity contribution is 6.00. The lowest BCUT2D eigenvalue weighted by atomic mass is 10.1. The van der Waals surface area contributed by atoms with Crippen LogP contribution in [0.1, 0.15) is 46.0 Å². The summed E-state index contributed by atoms with van der Waals surface area (Å²) >= 11 is 0. The van der Waals surface area contributed by atoms with E-state index in [2.05, 4.69) is 44.4 Å². The standard InChI is InChI=1S/C23H32N4O3/c1-16(2)30-23(29)20-17(3)21(25-18(20)4)22(28)24-10-11-26-12-14-27(15-13-26)19-8-6-5-7-9-19/h5-9,16,25H,10-15H2,1-4H3,(H,24,28). The summed E-state index contributed by atoms with van der Waals surface area (Å²) in [6, 6.07) is 10.4. The lowest BCUT2D eigenvalue weighted by Crippen LogP contribution is -2.48. The number of benzene rings is 1. The van der Waals surface area contributed by atoms with Gasteiger partial charge in [-0.1, -0.05) is 18.2 Å². The van der Waals surface area contributed by atoms with E-state index in [1.54, 1.807) is 13.8 Å². The van der Waals surface area contributed by atoms with Crippen molar-refractivity contribution in [1.82, 2.24) is 15.2 Å². The average Bonchev–Trinajstić information content (AvgIpc) is 3.03. The molecule has 0 aliphatic carbocycles. The van der Waals surface area contributed by atoms with Gasteiger partial charge in [-0.05, 0) is 45.4 Å². The van der Waals surface area contributed by atoms with Crippen LogP contribution in [-0.4, -0.2) is 67.1 Å². The van der Waals surface area contributed by atoms with Gasteiger partial charge in [0.05, 0.1) is 11.7 Å². The fourth-order valence-electron chi connectivity index (χ4n) is 3.84. The highest BCUT2D eigenvalue weighted by Gasteiger charge is 2.24. The number of esters is 1. The van der Waals surface area contributed by atoms with Crippen molar-refractivity contribution in [2.24, 2.45) is 0 Å².